The third-order valence-corrected chi connectivity index (χ3v) is 5.54. The van der Waals surface area contributed by atoms with Crippen LogP contribution in [0.25, 0.3) is 0 Å². The first-order valence-corrected chi connectivity index (χ1v) is 9.07. The number of carbonyl (C=O) groups excluding carboxylic acids is 1. The summed E-state index contributed by atoms with van der Waals surface area (Å²) in [5.74, 6) is 0.0556. The number of carbonyl (C=O) groups is 1. The highest BCUT2D eigenvalue weighted by Gasteiger charge is 2.38. The molecule has 20 heavy (non-hydrogen) atoms. The van der Waals surface area contributed by atoms with Crippen LogP contribution in [0.15, 0.2) is 0 Å². The van der Waals surface area contributed by atoms with E-state index in [-0.39, 0.29) is 30.1 Å². The summed E-state index contributed by atoms with van der Waals surface area (Å²) < 4.78 is 29.9. The van der Waals surface area contributed by atoms with Crippen molar-refractivity contribution < 1.29 is 17.9 Å². The second-order valence-electron chi connectivity index (χ2n) is 5.89. The SMILES string of the molecule is CC[C@@H]1CN(S(C)(=O)=O)CC[C@@H]1N[C@H]1C[C@@H](C)OC1=O. The van der Waals surface area contributed by atoms with Gasteiger partial charge in [0.05, 0.1) is 6.26 Å². The van der Waals surface area contributed by atoms with Gasteiger partial charge in [-0.2, -0.15) is 0 Å². The molecule has 0 aromatic rings. The molecule has 2 aliphatic rings. The number of esters is 1. The number of rotatable bonds is 4. The first-order valence-electron chi connectivity index (χ1n) is 7.23. The van der Waals surface area contributed by atoms with Gasteiger partial charge in [0.15, 0.2) is 0 Å². The summed E-state index contributed by atoms with van der Waals surface area (Å²) in [5, 5.41) is 3.37. The highest BCUT2D eigenvalue weighted by Crippen LogP contribution is 2.24. The molecule has 7 heteroatoms. The third kappa shape index (κ3) is 3.51. The van der Waals surface area contributed by atoms with Gasteiger partial charge in [-0.15, -0.1) is 0 Å². The van der Waals surface area contributed by atoms with Gasteiger partial charge in [-0.25, -0.2) is 12.7 Å². The minimum Gasteiger partial charge on any atom is -0.461 e. The maximum Gasteiger partial charge on any atom is 0.323 e. The molecule has 2 saturated heterocycles. The Balaban J connectivity index is 1.98. The van der Waals surface area contributed by atoms with Crippen LogP contribution in [0.1, 0.15) is 33.1 Å². The summed E-state index contributed by atoms with van der Waals surface area (Å²) in [6.07, 6.45) is 3.55. The standard InChI is InChI=1S/C13H24N2O4S/c1-4-10-8-15(20(3,17)18)6-5-11(10)14-12-7-9(2)19-13(12)16/h9-12,14H,4-8H2,1-3H3/t9-,10-,11+,12+/m1/s1. The van der Waals surface area contributed by atoms with Gasteiger partial charge in [-0.1, -0.05) is 13.3 Å². The molecular weight excluding hydrogens is 280 g/mol. The normalized spacial score (nSPS) is 36.0. The van der Waals surface area contributed by atoms with Crippen LogP contribution in [0.2, 0.25) is 0 Å². The zero-order chi connectivity index (χ0) is 14.9. The number of piperidine rings is 1. The van der Waals surface area contributed by atoms with Crippen LogP contribution >= 0.6 is 0 Å². The van der Waals surface area contributed by atoms with E-state index in [1.165, 1.54) is 10.6 Å². The topological polar surface area (TPSA) is 75.7 Å². The quantitative estimate of drug-likeness (QED) is 0.758. The van der Waals surface area contributed by atoms with Gasteiger partial charge < -0.3 is 10.1 Å². The van der Waals surface area contributed by atoms with E-state index in [0.717, 1.165) is 12.8 Å². The van der Waals surface area contributed by atoms with Gasteiger partial charge in [0.2, 0.25) is 10.0 Å². The van der Waals surface area contributed by atoms with Crippen molar-refractivity contribution in [3.05, 3.63) is 0 Å². The van der Waals surface area contributed by atoms with Gasteiger partial charge in [0.25, 0.3) is 0 Å². The molecule has 1 N–H and O–H groups in total. The monoisotopic (exact) mass is 304 g/mol. The van der Waals surface area contributed by atoms with Gasteiger partial charge in [-0.3, -0.25) is 4.79 Å². The van der Waals surface area contributed by atoms with Crippen molar-refractivity contribution in [3.63, 3.8) is 0 Å². The van der Waals surface area contributed by atoms with E-state index in [2.05, 4.69) is 12.2 Å². The molecule has 0 aliphatic carbocycles. The van der Waals surface area contributed by atoms with Crippen LogP contribution in [0, 0.1) is 5.92 Å². The number of cyclic esters (lactones) is 1. The first-order chi connectivity index (χ1) is 9.31. The Morgan fingerprint density at radius 3 is 2.65 bits per heavy atom. The van der Waals surface area contributed by atoms with Gasteiger partial charge in [0, 0.05) is 25.6 Å². The van der Waals surface area contributed by atoms with E-state index >= 15 is 0 Å². The van der Waals surface area contributed by atoms with Crippen LogP contribution in [0.3, 0.4) is 0 Å². The molecule has 2 aliphatic heterocycles. The van der Waals surface area contributed by atoms with Crippen molar-refractivity contribution in [1.82, 2.24) is 9.62 Å². The molecule has 2 heterocycles. The average Bonchev–Trinajstić information content (AvgIpc) is 2.67. The fraction of sp³-hybridized carbons (Fsp3) is 0.923. The Morgan fingerprint density at radius 1 is 1.45 bits per heavy atom. The van der Waals surface area contributed by atoms with E-state index in [9.17, 15) is 13.2 Å². The number of ether oxygens (including phenoxy) is 1. The van der Waals surface area contributed by atoms with Crippen molar-refractivity contribution in [2.75, 3.05) is 19.3 Å². The predicted molar refractivity (Wildman–Crippen MR) is 75.7 cm³/mol. The molecular formula is C13H24N2O4S. The maximum atomic E-state index is 11.7. The molecule has 4 atom stereocenters. The Hall–Kier alpha value is -0.660. The van der Waals surface area contributed by atoms with E-state index in [1.807, 2.05) is 6.92 Å². The van der Waals surface area contributed by atoms with Crippen LogP contribution < -0.4 is 5.32 Å². The van der Waals surface area contributed by atoms with Gasteiger partial charge in [0.1, 0.15) is 12.1 Å². The number of nitrogens with one attached hydrogen (secondary N) is 1. The fourth-order valence-corrected chi connectivity index (χ4v) is 3.98. The lowest BCUT2D eigenvalue weighted by Gasteiger charge is -2.38. The van der Waals surface area contributed by atoms with Crippen molar-refractivity contribution in [2.24, 2.45) is 5.92 Å². The lowest BCUT2D eigenvalue weighted by Crippen LogP contribution is -2.53. The fourth-order valence-electron chi connectivity index (χ4n) is 3.08. The third-order valence-electron chi connectivity index (χ3n) is 4.27. The van der Waals surface area contributed by atoms with E-state index in [1.54, 1.807) is 0 Å². The van der Waals surface area contributed by atoms with Crippen LogP contribution in [-0.2, 0) is 19.6 Å². The first kappa shape index (κ1) is 15.7. The van der Waals surface area contributed by atoms with Crippen molar-refractivity contribution in [3.8, 4) is 0 Å². The lowest BCUT2D eigenvalue weighted by molar-refractivity contribution is -0.142. The Morgan fingerprint density at radius 2 is 2.15 bits per heavy atom. The summed E-state index contributed by atoms with van der Waals surface area (Å²) in [5.41, 5.74) is 0. The molecule has 0 saturated carbocycles. The van der Waals surface area contributed by atoms with Crippen molar-refractivity contribution in [1.29, 1.82) is 0 Å². The summed E-state index contributed by atoms with van der Waals surface area (Å²) in [4.78, 5) is 11.7. The Labute approximate surface area is 120 Å². The zero-order valence-electron chi connectivity index (χ0n) is 12.3. The van der Waals surface area contributed by atoms with Crippen LogP contribution in [0.4, 0.5) is 0 Å². The summed E-state index contributed by atoms with van der Waals surface area (Å²) >= 11 is 0. The minimum atomic E-state index is -3.13. The second-order valence-corrected chi connectivity index (χ2v) is 7.87. The highest BCUT2D eigenvalue weighted by atomic mass is 32.2. The zero-order valence-corrected chi connectivity index (χ0v) is 13.1. The maximum absolute atomic E-state index is 11.7. The smallest absolute Gasteiger partial charge is 0.323 e. The van der Waals surface area contributed by atoms with Gasteiger partial charge in [-0.05, 0) is 19.3 Å². The molecule has 2 rings (SSSR count). The van der Waals surface area contributed by atoms with Crippen molar-refractivity contribution in [2.45, 2.75) is 51.3 Å². The molecule has 0 amide bonds. The number of hydrogen-bond acceptors (Lipinski definition) is 5. The Kier molecular flexibility index (Phi) is 4.71. The van der Waals surface area contributed by atoms with Crippen LogP contribution in [-0.4, -0.2) is 56.2 Å². The number of sulfonamides is 1. The number of nitrogens with zero attached hydrogens (tertiary/aromatic N) is 1. The van der Waals surface area contributed by atoms with Crippen molar-refractivity contribution >= 4 is 16.0 Å². The minimum absolute atomic E-state index is 0.0313. The average molecular weight is 304 g/mol. The second kappa shape index (κ2) is 5.99. The molecule has 6 nitrogen and oxygen atoms in total. The molecule has 0 aromatic carbocycles. The number of hydrogen-bond donors (Lipinski definition) is 1. The van der Waals surface area contributed by atoms with Crippen LogP contribution in [0.5, 0.6) is 0 Å². The highest BCUT2D eigenvalue weighted by molar-refractivity contribution is 7.88. The molecule has 0 spiro atoms. The molecule has 0 unspecified atom stereocenters. The summed E-state index contributed by atoms with van der Waals surface area (Å²) in [7, 11) is -3.13. The van der Waals surface area contributed by atoms with Gasteiger partial charge >= 0.3 is 5.97 Å². The summed E-state index contributed by atoms with van der Waals surface area (Å²) in [6.45, 7) is 5.00. The largest absolute Gasteiger partial charge is 0.461 e. The molecule has 2 fully saturated rings. The van der Waals surface area contributed by atoms with E-state index in [4.69, 9.17) is 4.74 Å². The Bertz CT molecular complexity index is 465. The van der Waals surface area contributed by atoms with E-state index in [0.29, 0.717) is 19.5 Å². The lowest BCUT2D eigenvalue weighted by atomic mass is 9.90. The molecule has 0 aromatic heterocycles. The predicted octanol–water partition coefficient (Wildman–Crippen LogP) is 0.340. The summed E-state index contributed by atoms with van der Waals surface area (Å²) in [6, 6.07) is -0.0605. The molecule has 0 radical (unpaired) electrons. The molecule has 0 bridgehead atoms. The van der Waals surface area contributed by atoms with E-state index < -0.39 is 10.0 Å². The molecule has 116 valence electrons.